The molecule has 26 heavy (non-hydrogen) atoms. The van der Waals surface area contributed by atoms with Crippen molar-refractivity contribution in [2.45, 2.75) is 25.4 Å². The van der Waals surface area contributed by atoms with Crippen molar-refractivity contribution < 1.29 is 0 Å². The van der Waals surface area contributed by atoms with Crippen LogP contribution < -0.4 is 5.32 Å². The smallest absolute Gasteiger partial charge is 0.204 e. The summed E-state index contributed by atoms with van der Waals surface area (Å²) in [5.74, 6) is 0.958. The maximum absolute atomic E-state index is 4.89. The molecule has 1 aromatic heterocycles. The molecular weight excluding hydrogens is 318 g/mol. The second kappa shape index (κ2) is 6.03. The molecule has 0 radical (unpaired) electrons. The number of aromatic nitrogens is 2. The van der Waals surface area contributed by atoms with Gasteiger partial charge in [-0.2, -0.15) is 0 Å². The van der Waals surface area contributed by atoms with Crippen LogP contribution >= 0.6 is 0 Å². The first-order valence-corrected chi connectivity index (χ1v) is 9.15. The van der Waals surface area contributed by atoms with Gasteiger partial charge in [0.1, 0.15) is 0 Å². The van der Waals surface area contributed by atoms with Crippen LogP contribution in [-0.4, -0.2) is 9.55 Å². The van der Waals surface area contributed by atoms with Gasteiger partial charge in [-0.1, -0.05) is 66.7 Å². The monoisotopic (exact) mass is 339 g/mol. The van der Waals surface area contributed by atoms with E-state index >= 15 is 0 Å². The molecule has 5 rings (SSSR count). The van der Waals surface area contributed by atoms with Gasteiger partial charge in [0.2, 0.25) is 5.95 Å². The average Bonchev–Trinajstić information content (AvgIpc) is 3.07. The number of hydrogen-bond acceptors (Lipinski definition) is 2. The quantitative estimate of drug-likeness (QED) is 0.523. The number of fused-ring (bicyclic) bond motifs is 3. The van der Waals surface area contributed by atoms with E-state index < -0.39 is 0 Å². The Balaban J connectivity index is 1.71. The first-order valence-electron chi connectivity index (χ1n) is 9.15. The number of aryl methyl sites for hydroxylation is 1. The van der Waals surface area contributed by atoms with Crippen LogP contribution in [-0.2, 0) is 0 Å². The predicted molar refractivity (Wildman–Crippen MR) is 106 cm³/mol. The Kier molecular flexibility index (Phi) is 3.52. The minimum Gasteiger partial charge on any atom is -0.349 e. The molecule has 4 aromatic rings. The van der Waals surface area contributed by atoms with Gasteiger partial charge in [-0.15, -0.1) is 0 Å². The third-order valence-corrected chi connectivity index (χ3v) is 5.42. The molecule has 1 aliphatic rings. The molecule has 2 atom stereocenters. The topological polar surface area (TPSA) is 29.9 Å². The molecule has 0 unspecified atom stereocenters. The van der Waals surface area contributed by atoms with Gasteiger partial charge in [-0.25, -0.2) is 4.98 Å². The van der Waals surface area contributed by atoms with Gasteiger partial charge in [0.05, 0.1) is 23.1 Å². The zero-order chi connectivity index (χ0) is 17.5. The zero-order valence-corrected chi connectivity index (χ0v) is 14.8. The van der Waals surface area contributed by atoms with Gasteiger partial charge < -0.3 is 9.88 Å². The minimum atomic E-state index is 0.255. The van der Waals surface area contributed by atoms with Crippen molar-refractivity contribution in [3.63, 3.8) is 0 Å². The van der Waals surface area contributed by atoms with E-state index in [4.69, 9.17) is 4.98 Å². The van der Waals surface area contributed by atoms with Crippen molar-refractivity contribution in [1.29, 1.82) is 0 Å². The van der Waals surface area contributed by atoms with Crippen LogP contribution in [0.3, 0.4) is 0 Å². The highest BCUT2D eigenvalue weighted by atomic mass is 15.3. The van der Waals surface area contributed by atoms with E-state index in [9.17, 15) is 0 Å². The third-order valence-electron chi connectivity index (χ3n) is 5.42. The molecule has 2 heterocycles. The number of nitrogens with zero attached hydrogens (tertiary/aromatic N) is 2. The second-order valence-electron chi connectivity index (χ2n) is 7.01. The van der Waals surface area contributed by atoms with E-state index in [2.05, 4.69) is 95.7 Å². The van der Waals surface area contributed by atoms with E-state index in [1.54, 1.807) is 0 Å². The lowest BCUT2D eigenvalue weighted by atomic mass is 9.91. The zero-order valence-electron chi connectivity index (χ0n) is 14.8. The summed E-state index contributed by atoms with van der Waals surface area (Å²) in [5, 5.41) is 3.67. The summed E-state index contributed by atoms with van der Waals surface area (Å²) in [6, 6.07) is 28.3. The summed E-state index contributed by atoms with van der Waals surface area (Å²) in [5.41, 5.74) is 6.25. The highest BCUT2D eigenvalue weighted by molar-refractivity contribution is 5.79. The normalized spacial score (nSPS) is 19.1. The van der Waals surface area contributed by atoms with Crippen LogP contribution in [0, 0.1) is 6.92 Å². The first-order chi connectivity index (χ1) is 12.8. The third kappa shape index (κ3) is 2.39. The van der Waals surface area contributed by atoms with Gasteiger partial charge in [0.25, 0.3) is 0 Å². The summed E-state index contributed by atoms with van der Waals surface area (Å²) in [6.07, 6.45) is 1.00. The summed E-state index contributed by atoms with van der Waals surface area (Å²) in [7, 11) is 0. The van der Waals surface area contributed by atoms with Crippen LogP contribution in [0.15, 0.2) is 78.9 Å². The molecule has 128 valence electrons. The van der Waals surface area contributed by atoms with Crippen molar-refractivity contribution in [2.75, 3.05) is 5.32 Å². The number of hydrogen-bond donors (Lipinski definition) is 1. The number of benzene rings is 3. The fourth-order valence-electron chi connectivity index (χ4n) is 4.14. The summed E-state index contributed by atoms with van der Waals surface area (Å²) in [4.78, 5) is 4.89. The Morgan fingerprint density at radius 1 is 0.885 bits per heavy atom. The molecule has 0 aliphatic carbocycles. The van der Waals surface area contributed by atoms with Gasteiger partial charge in [-0.05, 0) is 42.2 Å². The first kappa shape index (κ1) is 15.2. The molecule has 0 spiro atoms. The molecule has 1 N–H and O–H groups in total. The Labute approximate surface area is 153 Å². The lowest BCUT2D eigenvalue weighted by molar-refractivity contribution is 0.476. The summed E-state index contributed by atoms with van der Waals surface area (Å²) in [6.45, 7) is 2.20. The summed E-state index contributed by atoms with van der Waals surface area (Å²) < 4.78 is 2.37. The molecule has 0 saturated carbocycles. The van der Waals surface area contributed by atoms with E-state index in [1.807, 2.05) is 0 Å². The van der Waals surface area contributed by atoms with Crippen molar-refractivity contribution in [3.8, 4) is 0 Å². The standard InChI is InChI=1S/C23H21N3/c1-16-9-5-6-12-18(16)22-15-20(17-10-3-2-4-11-17)25-23-24-19-13-7-8-14-21(19)26(22)23/h2-14,20,22H,15H2,1H3,(H,24,25)/t20-,22+/m1/s1. The van der Waals surface area contributed by atoms with Gasteiger partial charge in [-0.3, -0.25) is 0 Å². The van der Waals surface area contributed by atoms with E-state index in [0.29, 0.717) is 0 Å². The molecule has 3 aromatic carbocycles. The maximum atomic E-state index is 4.89. The molecule has 0 amide bonds. The SMILES string of the molecule is Cc1ccccc1[C@@H]1C[C@H](c2ccccc2)Nc2nc3ccccc3n21. The van der Waals surface area contributed by atoms with Crippen molar-refractivity contribution in [1.82, 2.24) is 9.55 Å². The second-order valence-corrected chi connectivity index (χ2v) is 7.01. The highest BCUT2D eigenvalue weighted by Gasteiger charge is 2.31. The molecule has 3 nitrogen and oxygen atoms in total. The average molecular weight is 339 g/mol. The molecule has 0 saturated heterocycles. The molecule has 0 bridgehead atoms. The molecule has 0 fully saturated rings. The van der Waals surface area contributed by atoms with Crippen LogP contribution in [0.1, 0.15) is 35.2 Å². The fourth-order valence-corrected chi connectivity index (χ4v) is 4.14. The Morgan fingerprint density at radius 2 is 1.62 bits per heavy atom. The van der Waals surface area contributed by atoms with Crippen molar-refractivity contribution in [3.05, 3.63) is 95.6 Å². The Morgan fingerprint density at radius 3 is 2.46 bits per heavy atom. The number of anilines is 1. The summed E-state index contributed by atoms with van der Waals surface area (Å²) >= 11 is 0. The van der Waals surface area contributed by atoms with E-state index in [1.165, 1.54) is 22.2 Å². The molecular formula is C23H21N3. The van der Waals surface area contributed by atoms with Crippen LogP contribution in [0.2, 0.25) is 0 Å². The fraction of sp³-hybridized carbons (Fsp3) is 0.174. The number of rotatable bonds is 2. The van der Waals surface area contributed by atoms with Crippen LogP contribution in [0.25, 0.3) is 11.0 Å². The predicted octanol–water partition coefficient (Wildman–Crippen LogP) is 5.49. The largest absolute Gasteiger partial charge is 0.349 e. The molecule has 3 heteroatoms. The van der Waals surface area contributed by atoms with E-state index in [0.717, 1.165) is 17.9 Å². The van der Waals surface area contributed by atoms with Gasteiger partial charge in [0, 0.05) is 0 Å². The van der Waals surface area contributed by atoms with Crippen molar-refractivity contribution >= 4 is 17.0 Å². The number of nitrogens with one attached hydrogen (secondary N) is 1. The van der Waals surface area contributed by atoms with Gasteiger partial charge >= 0.3 is 0 Å². The minimum absolute atomic E-state index is 0.255. The number of imidazole rings is 1. The molecule has 1 aliphatic heterocycles. The lowest BCUT2D eigenvalue weighted by Crippen LogP contribution is -2.27. The van der Waals surface area contributed by atoms with Crippen LogP contribution in [0.5, 0.6) is 0 Å². The van der Waals surface area contributed by atoms with Crippen LogP contribution in [0.4, 0.5) is 5.95 Å². The lowest BCUT2D eigenvalue weighted by Gasteiger charge is -2.34. The van der Waals surface area contributed by atoms with Gasteiger partial charge in [0.15, 0.2) is 0 Å². The van der Waals surface area contributed by atoms with E-state index in [-0.39, 0.29) is 12.1 Å². The Hall–Kier alpha value is -3.07. The van der Waals surface area contributed by atoms with Crippen molar-refractivity contribution in [2.24, 2.45) is 0 Å². The highest BCUT2D eigenvalue weighted by Crippen LogP contribution is 2.41. The Bertz CT molecular complexity index is 1070. The number of para-hydroxylation sites is 2. The maximum Gasteiger partial charge on any atom is 0.204 e.